The van der Waals surface area contributed by atoms with E-state index in [1.165, 1.54) is 11.1 Å². The van der Waals surface area contributed by atoms with Crippen LogP contribution in [0, 0.1) is 6.92 Å². The molecule has 0 saturated carbocycles. The molecule has 2 aromatic rings. The predicted molar refractivity (Wildman–Crippen MR) is 139 cm³/mol. The Morgan fingerprint density at radius 2 is 1.84 bits per heavy atom. The molecule has 5 nitrogen and oxygen atoms in total. The lowest BCUT2D eigenvalue weighted by Gasteiger charge is -2.39. The molecule has 0 aliphatic carbocycles. The van der Waals surface area contributed by atoms with Crippen molar-refractivity contribution in [2.24, 2.45) is 4.99 Å². The molecule has 0 bridgehead atoms. The van der Waals surface area contributed by atoms with E-state index in [-0.39, 0.29) is 29.4 Å². The van der Waals surface area contributed by atoms with Crippen molar-refractivity contribution in [3.8, 4) is 5.75 Å². The van der Waals surface area contributed by atoms with Crippen molar-refractivity contribution in [3.63, 3.8) is 0 Å². The Morgan fingerprint density at radius 1 is 1.13 bits per heavy atom. The first-order valence-corrected chi connectivity index (χ1v) is 10.6. The van der Waals surface area contributed by atoms with Crippen molar-refractivity contribution >= 4 is 29.9 Å². The molecule has 0 amide bonds. The van der Waals surface area contributed by atoms with Crippen LogP contribution in [0.5, 0.6) is 5.75 Å². The van der Waals surface area contributed by atoms with Gasteiger partial charge in [-0.25, -0.2) is 0 Å². The Kier molecular flexibility index (Phi) is 10.3. The molecule has 1 saturated heterocycles. The number of hydrogen-bond donors (Lipinski definition) is 2. The molecule has 1 aliphatic rings. The lowest BCUT2D eigenvalue weighted by atomic mass is 9.72. The maximum atomic E-state index is 5.76. The van der Waals surface area contributed by atoms with Gasteiger partial charge in [0.2, 0.25) is 0 Å². The number of para-hydroxylation sites is 1. The molecule has 0 radical (unpaired) electrons. The van der Waals surface area contributed by atoms with Gasteiger partial charge in [-0.05, 0) is 37.0 Å². The number of ether oxygens (including phenoxy) is 2. The molecule has 0 spiro atoms. The van der Waals surface area contributed by atoms with E-state index in [1.54, 1.807) is 13.1 Å². The van der Waals surface area contributed by atoms with Crippen molar-refractivity contribution in [2.45, 2.75) is 31.7 Å². The molecule has 2 N–H and O–H groups in total. The third-order valence-electron chi connectivity index (χ3n) is 5.76. The summed E-state index contributed by atoms with van der Waals surface area (Å²) in [5.41, 5.74) is 3.87. The van der Waals surface area contributed by atoms with Gasteiger partial charge in [-0.3, -0.25) is 4.99 Å². The second-order valence-electron chi connectivity index (χ2n) is 7.69. The van der Waals surface area contributed by atoms with Gasteiger partial charge in [-0.15, -0.1) is 24.0 Å². The van der Waals surface area contributed by atoms with Crippen molar-refractivity contribution in [1.29, 1.82) is 0 Å². The molecule has 0 atom stereocenters. The van der Waals surface area contributed by atoms with E-state index >= 15 is 0 Å². The normalized spacial score (nSPS) is 15.5. The Morgan fingerprint density at radius 3 is 2.55 bits per heavy atom. The van der Waals surface area contributed by atoms with Crippen LogP contribution in [-0.4, -0.2) is 39.4 Å². The van der Waals surface area contributed by atoms with Gasteiger partial charge in [-0.2, -0.15) is 0 Å². The van der Waals surface area contributed by atoms with E-state index in [0.29, 0.717) is 13.2 Å². The summed E-state index contributed by atoms with van der Waals surface area (Å²) in [7, 11) is 1.81. The van der Waals surface area contributed by atoms with Crippen molar-refractivity contribution in [1.82, 2.24) is 10.6 Å². The van der Waals surface area contributed by atoms with Gasteiger partial charge in [-0.1, -0.05) is 55.1 Å². The van der Waals surface area contributed by atoms with Gasteiger partial charge >= 0.3 is 0 Å². The van der Waals surface area contributed by atoms with Crippen LogP contribution in [0.15, 0.2) is 66.2 Å². The van der Waals surface area contributed by atoms with Crippen molar-refractivity contribution < 1.29 is 9.47 Å². The minimum Gasteiger partial charge on any atom is -0.489 e. The minimum absolute atomic E-state index is 0. The number of nitrogens with one attached hydrogen (secondary N) is 2. The lowest BCUT2D eigenvalue weighted by Crippen LogP contribution is -2.48. The van der Waals surface area contributed by atoms with Crippen molar-refractivity contribution in [3.05, 3.63) is 77.9 Å². The molecule has 1 aliphatic heterocycles. The van der Waals surface area contributed by atoms with Gasteiger partial charge in [0, 0.05) is 44.3 Å². The third-order valence-corrected chi connectivity index (χ3v) is 5.76. The quantitative estimate of drug-likeness (QED) is 0.225. The van der Waals surface area contributed by atoms with Gasteiger partial charge < -0.3 is 20.1 Å². The van der Waals surface area contributed by atoms with E-state index in [1.807, 2.05) is 18.2 Å². The van der Waals surface area contributed by atoms with Crippen LogP contribution >= 0.6 is 24.0 Å². The van der Waals surface area contributed by atoms with E-state index in [0.717, 1.165) is 49.9 Å². The van der Waals surface area contributed by atoms with Gasteiger partial charge in [0.05, 0.1) is 0 Å². The fourth-order valence-corrected chi connectivity index (χ4v) is 4.06. The van der Waals surface area contributed by atoms with E-state index in [9.17, 15) is 0 Å². The number of halogens is 1. The molecule has 1 heterocycles. The highest BCUT2D eigenvalue weighted by atomic mass is 127. The molecule has 6 heteroatoms. The van der Waals surface area contributed by atoms with Crippen LogP contribution in [0.25, 0.3) is 0 Å². The first-order chi connectivity index (χ1) is 14.7. The van der Waals surface area contributed by atoms with Gasteiger partial charge in [0.1, 0.15) is 12.4 Å². The Labute approximate surface area is 203 Å². The van der Waals surface area contributed by atoms with E-state index < -0.39 is 0 Å². The van der Waals surface area contributed by atoms with Crippen LogP contribution in [-0.2, 0) is 16.7 Å². The molecule has 168 valence electrons. The summed E-state index contributed by atoms with van der Waals surface area (Å²) in [6, 6.07) is 16.7. The van der Waals surface area contributed by atoms with Crippen LogP contribution in [0.4, 0.5) is 0 Å². The highest BCUT2D eigenvalue weighted by Crippen LogP contribution is 2.36. The van der Waals surface area contributed by atoms with Gasteiger partial charge in [0.15, 0.2) is 5.96 Å². The monoisotopic (exact) mass is 535 g/mol. The van der Waals surface area contributed by atoms with Crippen LogP contribution < -0.4 is 15.4 Å². The number of benzene rings is 2. The number of guanidine groups is 1. The maximum absolute atomic E-state index is 5.76. The fourth-order valence-electron chi connectivity index (χ4n) is 4.06. The summed E-state index contributed by atoms with van der Waals surface area (Å²) < 4.78 is 11.4. The number of aliphatic imine (C=N–C) groups is 1. The summed E-state index contributed by atoms with van der Waals surface area (Å²) in [6.07, 6.45) is 3.75. The summed E-state index contributed by atoms with van der Waals surface area (Å²) in [5.74, 6) is 1.65. The maximum Gasteiger partial charge on any atom is 0.191 e. The predicted octanol–water partition coefficient (Wildman–Crippen LogP) is 4.59. The SMILES string of the molecule is C=CCOc1ccccc1CNC(=NC)NCC1(c2ccccc2C)CCOCC1.I. The molecule has 3 rings (SSSR count). The topological polar surface area (TPSA) is 54.9 Å². The second kappa shape index (κ2) is 12.7. The number of aryl methyl sites for hydroxylation is 1. The zero-order valence-electron chi connectivity index (χ0n) is 18.5. The molecular formula is C25H34IN3O2. The van der Waals surface area contributed by atoms with Crippen LogP contribution in [0.1, 0.15) is 29.5 Å². The zero-order valence-corrected chi connectivity index (χ0v) is 20.9. The average Bonchev–Trinajstić information content (AvgIpc) is 2.79. The van der Waals surface area contributed by atoms with Crippen LogP contribution in [0.3, 0.4) is 0 Å². The number of nitrogens with zero attached hydrogens (tertiary/aromatic N) is 1. The summed E-state index contributed by atoms with van der Waals surface area (Å²) in [4.78, 5) is 4.43. The minimum atomic E-state index is 0. The Balaban J connectivity index is 0.00000341. The second-order valence-corrected chi connectivity index (χ2v) is 7.69. The lowest BCUT2D eigenvalue weighted by molar-refractivity contribution is 0.0512. The number of hydrogen-bond acceptors (Lipinski definition) is 3. The summed E-state index contributed by atoms with van der Waals surface area (Å²) >= 11 is 0. The molecule has 0 unspecified atom stereocenters. The standard InChI is InChI=1S/C25H33N3O2.HI/c1-4-15-30-23-12-8-6-10-21(23)18-27-24(26-3)28-19-25(13-16-29-17-14-25)22-11-7-5-9-20(22)2;/h4-12H,1,13-19H2,2-3H3,(H2,26,27,28);1H. The Hall–Kier alpha value is -2.06. The van der Waals surface area contributed by atoms with Crippen molar-refractivity contribution in [2.75, 3.05) is 33.4 Å². The largest absolute Gasteiger partial charge is 0.489 e. The molecular weight excluding hydrogens is 501 g/mol. The third kappa shape index (κ3) is 6.71. The smallest absolute Gasteiger partial charge is 0.191 e. The van der Waals surface area contributed by atoms with Gasteiger partial charge in [0.25, 0.3) is 0 Å². The Bertz CT molecular complexity index is 863. The van der Waals surface area contributed by atoms with Crippen LogP contribution in [0.2, 0.25) is 0 Å². The molecule has 0 aromatic heterocycles. The zero-order chi connectivity index (χ0) is 21.2. The molecule has 31 heavy (non-hydrogen) atoms. The number of rotatable bonds is 8. The highest BCUT2D eigenvalue weighted by molar-refractivity contribution is 14.0. The molecule has 1 fully saturated rings. The first-order valence-electron chi connectivity index (χ1n) is 10.6. The molecule has 2 aromatic carbocycles. The summed E-state index contributed by atoms with van der Waals surface area (Å²) in [6.45, 7) is 9.43. The van der Waals surface area contributed by atoms with E-state index in [4.69, 9.17) is 9.47 Å². The first kappa shape index (κ1) is 25.2. The van der Waals surface area contributed by atoms with E-state index in [2.05, 4.69) is 59.5 Å². The average molecular weight is 535 g/mol. The fraction of sp³-hybridized carbons (Fsp3) is 0.400. The summed E-state index contributed by atoms with van der Waals surface area (Å²) in [5, 5.41) is 6.99. The highest BCUT2D eigenvalue weighted by Gasteiger charge is 2.35.